The first-order valence-corrected chi connectivity index (χ1v) is 36.2. The molecule has 0 aromatic heterocycles. The van der Waals surface area contributed by atoms with E-state index >= 15 is 0 Å². The molecule has 0 aromatic rings. The van der Waals surface area contributed by atoms with E-state index in [0.717, 1.165) is 4.72 Å². The Morgan fingerprint density at radius 1 is 0.426 bits per heavy atom. The molecule has 55 nitrogen and oxygen atoms in total. The molecule has 5 fully saturated rings. The molecule has 0 spiro atoms. The summed E-state index contributed by atoms with van der Waals surface area (Å²) in [5.74, 6) is -10.2. The molecular weight excluding hydrogens is 1570 g/mol. The molecule has 1 amide bonds. The lowest BCUT2D eigenvalue weighted by Gasteiger charge is -2.52. The Labute approximate surface area is 565 Å². The van der Waals surface area contributed by atoms with Crippen molar-refractivity contribution in [2.75, 3.05) is 26.9 Å². The normalized spacial score (nSPS) is 38.7. The van der Waals surface area contributed by atoms with E-state index in [0.29, 0.717) is 20.1 Å². The van der Waals surface area contributed by atoms with Crippen molar-refractivity contribution in [3.8, 4) is 0 Å². The molecule has 0 unspecified atom stereocenters. The zero-order chi connectivity index (χ0) is 76.5. The second kappa shape index (κ2) is 33.3. The van der Waals surface area contributed by atoms with Gasteiger partial charge in [-0.05, 0) is 6.08 Å². The summed E-state index contributed by atoms with van der Waals surface area (Å²) in [6.07, 6.45) is -72.8. The lowest BCUT2D eigenvalue weighted by molar-refractivity contribution is -0.390. The maximum atomic E-state index is 12.9. The van der Waals surface area contributed by atoms with E-state index < -0.39 is 294 Å². The molecule has 6 aliphatic heterocycles. The Morgan fingerprint density at radius 3 is 1.24 bits per heavy atom. The van der Waals surface area contributed by atoms with Crippen LogP contribution in [0, 0.1) is 0 Å². The van der Waals surface area contributed by atoms with Gasteiger partial charge in [-0.25, -0.2) is 68.4 Å². The van der Waals surface area contributed by atoms with E-state index in [1.165, 1.54) is 4.72 Å². The first-order valence-electron chi connectivity index (χ1n) is 26.7. The molecule has 28 atom stereocenters. The summed E-state index contributed by atoms with van der Waals surface area (Å²) in [6, 6.07) is -8.27. The zero-order valence-electron chi connectivity index (χ0n) is 49.2. The molecule has 0 aliphatic carbocycles. The fourth-order valence-electron chi connectivity index (χ4n) is 10.2. The summed E-state index contributed by atoms with van der Waals surface area (Å²) in [5, 5.41) is 118. The molecule has 0 aromatic carbocycles. The van der Waals surface area contributed by atoms with Crippen LogP contribution in [0.25, 0.3) is 0 Å². The fraction of sp³-hybridized carbons (Fsp3) is 0.846. The predicted octanol–water partition coefficient (Wildman–Crippen LogP) is -20.3. The quantitative estimate of drug-likeness (QED) is 0.0221. The van der Waals surface area contributed by atoms with E-state index in [9.17, 15) is 161 Å². The summed E-state index contributed by atoms with van der Waals surface area (Å²) in [5.41, 5.74) is 0. The maximum Gasteiger partial charge on any atom is 0.229 e. The number of carbonyl (C=O) groups excluding carboxylic acids is 4. The molecule has 6 aliphatic rings. The molecule has 0 radical (unpaired) electrons. The van der Waals surface area contributed by atoms with Gasteiger partial charge in [-0.1, -0.05) is 0 Å². The highest BCUT2D eigenvalue weighted by Crippen LogP contribution is 2.39. The third-order valence-corrected chi connectivity index (χ3v) is 17.4. The standard InChI is InChI=1S/C39H61N3O52S7/c1-7(43)40-13-17(46)22(86-37-16(45)8(44)3-9(82-37)31(51)52)11(5-80-98(66,67)68)84-35(13)89-26-19(48)20(49)38(91-29(26)32(53)54)88-24-12(6-81-99(69,70)71)85-36(15(42-96(60,61)62)25(24)93-100(72,73)74)90-27-21(50)28(94-101(75,76)77)39(92-30(27)33(55)56)87-23-10(4-79-97(63,64)65)83-34(78-2)14(18(23)47)41-95(57,58)59/h3,8,10-30,34-39,41-42,44-50H,4-6H2,1-2H3,(H,40,43)(H,51,52)(H,53,54)(H,55,56)(H,57,58,59)(H,60,61,62)(H,63,64,65)(H,66,67,68)(H,69,70,71)(H,72,73,74)(H,75,76,77)/p-10/t8-,10+,11+,12+,13+,14+,15+,16+,17+,18+,19+,20+,21-,22+,23+,24+,25+,26-,27-,28+,29-,30+,34-,35+,36+,37-,38+,39+/m0/s1. The van der Waals surface area contributed by atoms with Crippen LogP contribution in [0.5, 0.6) is 0 Å². The van der Waals surface area contributed by atoms with Crippen LogP contribution in [0.1, 0.15) is 6.92 Å². The molecule has 0 bridgehead atoms. The topological polar surface area (TPSA) is 872 Å². The Morgan fingerprint density at radius 2 is 0.812 bits per heavy atom. The highest BCUT2D eigenvalue weighted by atomic mass is 32.3. The van der Waals surface area contributed by atoms with Crippen molar-refractivity contribution >= 4 is 96.4 Å². The second-order valence-corrected chi connectivity index (χ2v) is 28.5. The highest BCUT2D eigenvalue weighted by molar-refractivity contribution is 7.84. The van der Waals surface area contributed by atoms with E-state index in [2.05, 4.69) is 20.9 Å². The van der Waals surface area contributed by atoms with Gasteiger partial charge in [0, 0.05) is 14.0 Å². The summed E-state index contributed by atoms with van der Waals surface area (Å²) in [4.78, 5) is 50.0. The van der Waals surface area contributed by atoms with E-state index in [1.54, 1.807) is 0 Å². The van der Waals surface area contributed by atoms with Crippen LogP contribution in [0.3, 0.4) is 0 Å². The van der Waals surface area contributed by atoms with Crippen molar-refractivity contribution in [3.05, 3.63) is 11.8 Å². The van der Waals surface area contributed by atoms with Crippen molar-refractivity contribution in [3.63, 3.8) is 0 Å². The number of carbonyl (C=O) groups is 4. The van der Waals surface area contributed by atoms with Crippen LogP contribution >= 0.6 is 0 Å². The van der Waals surface area contributed by atoms with Crippen LogP contribution in [0.2, 0.25) is 0 Å². The molecule has 10 N–H and O–H groups in total. The van der Waals surface area contributed by atoms with Gasteiger partial charge in [0.1, 0.15) is 140 Å². The number of carboxylic acids is 3. The fourth-order valence-corrected chi connectivity index (χ4v) is 13.3. The van der Waals surface area contributed by atoms with Gasteiger partial charge in [-0.3, -0.25) is 25.7 Å². The van der Waals surface area contributed by atoms with Gasteiger partial charge in [-0.2, -0.15) is 0 Å². The molecular formula is C39H51N3O52S7-10. The minimum absolute atomic E-state index is 0.382. The second-order valence-electron chi connectivity index (χ2n) is 21.0. The Hall–Kier alpha value is -4.21. The van der Waals surface area contributed by atoms with Crippen molar-refractivity contribution in [1.29, 1.82) is 0 Å². The van der Waals surface area contributed by atoms with Gasteiger partial charge in [0.15, 0.2) is 58.2 Å². The van der Waals surface area contributed by atoms with Crippen LogP contribution in [-0.2, 0) is 170 Å². The summed E-state index contributed by atoms with van der Waals surface area (Å²) < 4.78 is 338. The summed E-state index contributed by atoms with van der Waals surface area (Å²) >= 11 is 0. The number of methoxy groups -OCH3 is 1. The number of aliphatic hydroxyl groups is 7. The summed E-state index contributed by atoms with van der Waals surface area (Å²) in [6.45, 7) is -4.82. The monoisotopic (exact) mass is 1620 g/mol. The van der Waals surface area contributed by atoms with Crippen LogP contribution in [-0.4, -0.2) is 349 Å². The first-order chi connectivity index (χ1) is 46.1. The highest BCUT2D eigenvalue weighted by Gasteiger charge is 2.60. The van der Waals surface area contributed by atoms with Crippen molar-refractivity contribution in [1.82, 2.24) is 14.8 Å². The lowest BCUT2D eigenvalue weighted by atomic mass is 9.94. The number of ether oxygens (including phenoxy) is 12. The Balaban J connectivity index is 1.40. The Kier molecular flexibility index (Phi) is 28.3. The van der Waals surface area contributed by atoms with Crippen molar-refractivity contribution in [2.45, 2.75) is 179 Å². The number of hydrogen-bond donors (Lipinski definition) is 10. The van der Waals surface area contributed by atoms with Crippen molar-refractivity contribution < 1.29 is 239 Å². The van der Waals surface area contributed by atoms with E-state index in [-0.39, 0.29) is 0 Å². The average Bonchev–Trinajstić information content (AvgIpc) is 0.765. The largest absolute Gasteiger partial charge is 0.735 e. The number of aliphatic carboxylic acids is 3. The van der Waals surface area contributed by atoms with Gasteiger partial charge in [-0.15, -0.1) is 0 Å². The first kappa shape index (κ1) is 85.7. The van der Waals surface area contributed by atoms with Gasteiger partial charge in [0.25, 0.3) is 0 Å². The van der Waals surface area contributed by atoms with Crippen LogP contribution in [0.4, 0.5) is 0 Å². The minimum atomic E-state index is -6.71. The number of aliphatic hydroxyl groups excluding tert-OH is 7. The minimum Gasteiger partial charge on any atom is -0.735 e. The summed E-state index contributed by atoms with van der Waals surface area (Å²) in [7, 11) is -42.7. The van der Waals surface area contributed by atoms with Crippen LogP contribution < -0.4 is 30.1 Å². The van der Waals surface area contributed by atoms with Crippen molar-refractivity contribution in [2.24, 2.45) is 0 Å². The van der Waals surface area contributed by atoms with E-state index in [4.69, 9.17) is 56.8 Å². The Bertz CT molecular complexity index is 3810. The molecule has 62 heteroatoms. The molecule has 0 saturated carbocycles. The molecule has 101 heavy (non-hydrogen) atoms. The molecule has 6 heterocycles. The van der Waals surface area contributed by atoms with Gasteiger partial charge in [0.05, 0.1) is 31.8 Å². The van der Waals surface area contributed by atoms with Gasteiger partial charge in [0.2, 0.25) is 64.2 Å². The number of carboxylic acid groups (broad SMARTS) is 3. The number of amides is 1. The average molecular weight is 1620 g/mol. The third-order valence-electron chi connectivity index (χ3n) is 14.1. The van der Waals surface area contributed by atoms with E-state index in [1.807, 2.05) is 5.32 Å². The van der Waals surface area contributed by atoms with Gasteiger partial charge >= 0.3 is 0 Å². The molecule has 5 saturated heterocycles. The number of rotatable bonds is 32. The molecule has 586 valence electrons. The smallest absolute Gasteiger partial charge is 0.229 e. The maximum absolute atomic E-state index is 12.9. The predicted molar refractivity (Wildman–Crippen MR) is 272 cm³/mol. The number of nitrogens with one attached hydrogen (secondary N) is 3. The zero-order valence-corrected chi connectivity index (χ0v) is 54.9. The van der Waals surface area contributed by atoms with Gasteiger partial charge < -0.3 is 159 Å². The molecule has 6 rings (SSSR count). The SMILES string of the molecule is CO[C@H]1O[C@H](COS(=O)(=O)[O-])[C@@H](O[C@@H]2O[C@@H](C(=O)[O-])[C@@H](O[C@H]3O[C@H](COS(=O)(=O)[O-])[C@@H](O[C@@H]4O[C@H](C(=O)[O-])[C@@H](O[C@H]5O[C@H](COS(=O)(=O)[O-])[C@@H](O[C@@H]6OC(C(=O)[O-])=C[C@H](O)[C@H]6O)[C@H](O)[C@H]5NC(C)=O)[C@H](O)[C@H]4O)[C@H](OS(=O)(=O)[O-])[C@H]3NS(=O)(=O)[O-])[C@H](O)[C@H]2OS(=O)(=O)[O-])[C@H](O)[C@H]1NS(=O)(=O)[O-]. The van der Waals surface area contributed by atoms with Crippen LogP contribution in [0.15, 0.2) is 11.8 Å². The lowest BCUT2D eigenvalue weighted by Crippen LogP contribution is -2.72. The number of hydrogen-bond acceptors (Lipinski definition) is 52. The third kappa shape index (κ3) is 23.9.